The lowest BCUT2D eigenvalue weighted by molar-refractivity contribution is -0.153. The molecular weight excluding hydrogens is 231 g/mol. The fraction of sp³-hybridized carbons (Fsp3) is 0.583. The molecule has 1 heterocycles. The second kappa shape index (κ2) is 7.14. The smallest absolute Gasteiger partial charge is 0.422 e. The number of ether oxygens (including phenoxy) is 1. The topological polar surface area (TPSA) is 22.1 Å². The van der Waals surface area contributed by atoms with Crippen molar-refractivity contribution in [1.29, 1.82) is 0 Å². The molecule has 0 aliphatic heterocycles. The molecule has 0 unspecified atom stereocenters. The van der Waals surface area contributed by atoms with Crippen LogP contribution in [0.25, 0.3) is 0 Å². The lowest BCUT2D eigenvalue weighted by atomic mass is 10.1. The van der Waals surface area contributed by atoms with Crippen LogP contribution in [0.15, 0.2) is 12.3 Å². The average Bonchev–Trinajstić information content (AvgIpc) is 2.29. The van der Waals surface area contributed by atoms with Crippen LogP contribution in [-0.4, -0.2) is 17.8 Å². The van der Waals surface area contributed by atoms with Crippen molar-refractivity contribution >= 4 is 0 Å². The SMILES string of the molecule is CC.CCc1nccc(OCC(F)(F)F)c1C. The second-order valence-electron chi connectivity index (χ2n) is 3.14. The number of alkyl halides is 3. The second-order valence-corrected chi connectivity index (χ2v) is 3.14. The van der Waals surface area contributed by atoms with E-state index < -0.39 is 12.8 Å². The van der Waals surface area contributed by atoms with Gasteiger partial charge in [0, 0.05) is 17.5 Å². The first-order chi connectivity index (χ1) is 7.94. The van der Waals surface area contributed by atoms with E-state index in [-0.39, 0.29) is 5.75 Å². The highest BCUT2D eigenvalue weighted by Crippen LogP contribution is 2.23. The third-order valence-electron chi connectivity index (χ3n) is 1.98. The van der Waals surface area contributed by atoms with Crippen LogP contribution in [0.3, 0.4) is 0 Å². The van der Waals surface area contributed by atoms with Gasteiger partial charge in [-0.05, 0) is 19.4 Å². The highest BCUT2D eigenvalue weighted by molar-refractivity contribution is 5.34. The summed E-state index contributed by atoms with van der Waals surface area (Å²) < 4.78 is 40.4. The molecule has 0 N–H and O–H groups in total. The van der Waals surface area contributed by atoms with Crippen LogP contribution >= 0.6 is 0 Å². The zero-order valence-electron chi connectivity index (χ0n) is 10.6. The van der Waals surface area contributed by atoms with Gasteiger partial charge in [-0.1, -0.05) is 20.8 Å². The molecule has 1 aromatic heterocycles. The molecule has 0 amide bonds. The van der Waals surface area contributed by atoms with Gasteiger partial charge in [-0.15, -0.1) is 0 Å². The van der Waals surface area contributed by atoms with E-state index in [0.717, 1.165) is 5.69 Å². The van der Waals surface area contributed by atoms with Gasteiger partial charge in [0.25, 0.3) is 0 Å². The molecular formula is C12H18F3NO. The molecule has 0 spiro atoms. The van der Waals surface area contributed by atoms with E-state index in [9.17, 15) is 13.2 Å². The quantitative estimate of drug-likeness (QED) is 0.810. The fourth-order valence-corrected chi connectivity index (χ4v) is 1.23. The molecule has 0 aromatic carbocycles. The maximum absolute atomic E-state index is 11.9. The van der Waals surface area contributed by atoms with Crippen LogP contribution in [0, 0.1) is 6.92 Å². The van der Waals surface area contributed by atoms with E-state index in [2.05, 4.69) is 9.72 Å². The van der Waals surface area contributed by atoms with E-state index in [0.29, 0.717) is 12.0 Å². The van der Waals surface area contributed by atoms with Gasteiger partial charge >= 0.3 is 6.18 Å². The van der Waals surface area contributed by atoms with E-state index in [4.69, 9.17) is 0 Å². The Hall–Kier alpha value is -1.26. The van der Waals surface area contributed by atoms with E-state index in [1.54, 1.807) is 6.92 Å². The monoisotopic (exact) mass is 249 g/mol. The van der Waals surface area contributed by atoms with Crippen LogP contribution in [-0.2, 0) is 6.42 Å². The number of hydrogen-bond donors (Lipinski definition) is 0. The predicted molar refractivity (Wildman–Crippen MR) is 61.3 cm³/mol. The van der Waals surface area contributed by atoms with Crippen molar-refractivity contribution in [2.24, 2.45) is 0 Å². The number of pyridine rings is 1. The minimum absolute atomic E-state index is 0.249. The Morgan fingerprint density at radius 3 is 2.35 bits per heavy atom. The van der Waals surface area contributed by atoms with Crippen molar-refractivity contribution in [1.82, 2.24) is 4.98 Å². The minimum atomic E-state index is -4.30. The Labute approximate surface area is 99.8 Å². The van der Waals surface area contributed by atoms with Crippen molar-refractivity contribution < 1.29 is 17.9 Å². The Balaban J connectivity index is 0.00000121. The van der Waals surface area contributed by atoms with Gasteiger partial charge in [0.1, 0.15) is 5.75 Å². The molecule has 0 aliphatic carbocycles. The number of aryl methyl sites for hydroxylation is 1. The lowest BCUT2D eigenvalue weighted by Gasteiger charge is -2.12. The van der Waals surface area contributed by atoms with Crippen LogP contribution in [0.1, 0.15) is 32.0 Å². The summed E-state index contributed by atoms with van der Waals surface area (Å²) in [5.41, 5.74) is 1.43. The Morgan fingerprint density at radius 1 is 1.29 bits per heavy atom. The number of nitrogens with zero attached hydrogens (tertiary/aromatic N) is 1. The molecule has 2 nitrogen and oxygen atoms in total. The Morgan fingerprint density at radius 2 is 1.88 bits per heavy atom. The number of rotatable bonds is 3. The van der Waals surface area contributed by atoms with E-state index >= 15 is 0 Å². The molecule has 0 saturated heterocycles. The molecule has 0 atom stereocenters. The highest BCUT2D eigenvalue weighted by Gasteiger charge is 2.28. The van der Waals surface area contributed by atoms with Gasteiger partial charge in [0.2, 0.25) is 0 Å². The van der Waals surface area contributed by atoms with E-state index in [1.807, 2.05) is 20.8 Å². The lowest BCUT2D eigenvalue weighted by Crippen LogP contribution is -2.19. The Kier molecular flexibility index (Phi) is 6.61. The first-order valence-electron chi connectivity index (χ1n) is 5.58. The first-order valence-corrected chi connectivity index (χ1v) is 5.58. The van der Waals surface area contributed by atoms with Crippen molar-refractivity contribution in [3.05, 3.63) is 23.5 Å². The van der Waals surface area contributed by atoms with Crippen molar-refractivity contribution in [3.8, 4) is 5.75 Å². The number of hydrogen-bond acceptors (Lipinski definition) is 2. The summed E-state index contributed by atoms with van der Waals surface area (Å²) in [4.78, 5) is 4.04. The summed E-state index contributed by atoms with van der Waals surface area (Å²) in [5, 5.41) is 0. The maximum Gasteiger partial charge on any atom is 0.422 e. The van der Waals surface area contributed by atoms with Crippen LogP contribution in [0.4, 0.5) is 13.2 Å². The molecule has 1 aromatic rings. The van der Waals surface area contributed by atoms with E-state index in [1.165, 1.54) is 12.3 Å². The third kappa shape index (κ3) is 5.56. The van der Waals surface area contributed by atoms with Crippen LogP contribution < -0.4 is 4.74 Å². The molecule has 0 bridgehead atoms. The Bertz CT molecular complexity index is 337. The van der Waals surface area contributed by atoms with Gasteiger partial charge in [-0.2, -0.15) is 13.2 Å². The standard InChI is InChI=1S/C10H12F3NO.C2H6/c1-3-8-7(2)9(4-5-14-8)15-6-10(11,12)13;1-2/h4-5H,3,6H2,1-2H3;1-2H3. The van der Waals surface area contributed by atoms with Gasteiger partial charge in [-0.3, -0.25) is 4.98 Å². The summed E-state index contributed by atoms with van der Waals surface area (Å²) in [7, 11) is 0. The molecule has 1 rings (SSSR count). The largest absolute Gasteiger partial charge is 0.484 e. The zero-order valence-corrected chi connectivity index (χ0v) is 10.6. The first kappa shape index (κ1) is 15.7. The molecule has 0 fully saturated rings. The third-order valence-corrected chi connectivity index (χ3v) is 1.98. The summed E-state index contributed by atoms with van der Waals surface area (Å²) >= 11 is 0. The highest BCUT2D eigenvalue weighted by atomic mass is 19.4. The number of halogens is 3. The van der Waals surface area contributed by atoms with Crippen LogP contribution in [0.2, 0.25) is 0 Å². The molecule has 17 heavy (non-hydrogen) atoms. The van der Waals surface area contributed by atoms with Gasteiger partial charge in [0.15, 0.2) is 6.61 Å². The number of aromatic nitrogens is 1. The molecule has 0 saturated carbocycles. The van der Waals surface area contributed by atoms with Gasteiger partial charge in [0.05, 0.1) is 0 Å². The summed E-state index contributed by atoms with van der Waals surface area (Å²) in [5.74, 6) is 0.249. The van der Waals surface area contributed by atoms with Crippen molar-refractivity contribution in [2.75, 3.05) is 6.61 Å². The molecule has 0 aliphatic rings. The van der Waals surface area contributed by atoms with Crippen LogP contribution in [0.5, 0.6) is 5.75 Å². The van der Waals surface area contributed by atoms with Gasteiger partial charge in [-0.25, -0.2) is 0 Å². The molecule has 5 heteroatoms. The minimum Gasteiger partial charge on any atom is -0.484 e. The summed E-state index contributed by atoms with van der Waals surface area (Å²) in [6.07, 6.45) is -2.17. The van der Waals surface area contributed by atoms with Gasteiger partial charge < -0.3 is 4.74 Å². The maximum atomic E-state index is 11.9. The molecule has 98 valence electrons. The molecule has 0 radical (unpaired) electrons. The van der Waals surface area contributed by atoms with Crippen molar-refractivity contribution in [2.45, 2.75) is 40.3 Å². The fourth-order valence-electron chi connectivity index (χ4n) is 1.23. The summed E-state index contributed by atoms with van der Waals surface area (Å²) in [6.45, 7) is 6.33. The average molecular weight is 249 g/mol. The zero-order chi connectivity index (χ0) is 13.5. The normalized spacial score (nSPS) is 10.5. The summed E-state index contributed by atoms with van der Waals surface area (Å²) in [6, 6.07) is 1.44. The predicted octanol–water partition coefficient (Wildman–Crippen LogP) is 3.92. The van der Waals surface area contributed by atoms with Crippen molar-refractivity contribution in [3.63, 3.8) is 0 Å².